The van der Waals surface area contributed by atoms with Crippen LogP contribution in [0.1, 0.15) is 0 Å². The summed E-state index contributed by atoms with van der Waals surface area (Å²) >= 11 is 0. The van der Waals surface area contributed by atoms with Crippen molar-refractivity contribution in [3.05, 3.63) is 127 Å². The van der Waals surface area contributed by atoms with E-state index in [1.807, 2.05) is 0 Å². The SMILES string of the molecule is O=[N+]([O-])c1ccc(OP(=O)(Oc2ccc([N+](=O)[O-])c([N+](=O)[O-])c2[N+](=O)[O-])Oc2ccc([N+](=O)[O-])c([N+](=O)[O-])c2[N+](=O)[O-])c([N+](=O)[O-])c1[N+](=O)[O-]. The molecular weight excluding hydrogens is 725 g/mol. The van der Waals surface area contributed by atoms with Gasteiger partial charge in [-0.25, -0.2) is 0 Å². The van der Waals surface area contributed by atoms with E-state index in [9.17, 15) is 95.6 Å². The second-order valence-corrected chi connectivity index (χ2v) is 9.82. The summed E-state index contributed by atoms with van der Waals surface area (Å²) in [5.74, 6) is -5.14. The van der Waals surface area contributed by atoms with Gasteiger partial charge in [0.2, 0.25) is 17.2 Å². The fraction of sp³-hybridized carbons (Fsp3) is 0. The number of nitro benzene ring substituents is 9. The highest BCUT2D eigenvalue weighted by Gasteiger charge is 2.49. The molecule has 0 atom stereocenters. The Bertz CT molecular complexity index is 1920. The Morgan fingerprint density at radius 2 is 0.540 bits per heavy atom. The second-order valence-electron chi connectivity index (χ2n) is 8.38. The lowest BCUT2D eigenvalue weighted by Gasteiger charge is -2.19. The van der Waals surface area contributed by atoms with Crippen molar-refractivity contribution in [3.8, 4) is 17.2 Å². The first kappa shape index (κ1) is 36.4. The number of phosphoric acid groups is 1. The van der Waals surface area contributed by atoms with Crippen LogP contribution in [0, 0.1) is 91.0 Å². The summed E-state index contributed by atoms with van der Waals surface area (Å²) in [4.78, 5) is 89.4. The summed E-state index contributed by atoms with van der Waals surface area (Å²) in [7, 11) is -6.44. The van der Waals surface area contributed by atoms with Crippen molar-refractivity contribution in [2.45, 2.75) is 0 Å². The monoisotopic (exact) mass is 731 g/mol. The first-order valence-corrected chi connectivity index (χ1v) is 13.1. The van der Waals surface area contributed by atoms with Crippen LogP contribution in [0.5, 0.6) is 17.2 Å². The molecule has 260 valence electrons. The van der Waals surface area contributed by atoms with Crippen LogP contribution in [0.3, 0.4) is 0 Å². The number of hydrogen-bond donors (Lipinski definition) is 0. The van der Waals surface area contributed by atoms with Gasteiger partial charge in [-0.1, -0.05) is 0 Å². The maximum atomic E-state index is 14.1. The molecule has 50 heavy (non-hydrogen) atoms. The third-order valence-electron chi connectivity index (χ3n) is 5.59. The van der Waals surface area contributed by atoms with Crippen molar-refractivity contribution in [2.24, 2.45) is 0 Å². The molecule has 0 bridgehead atoms. The third-order valence-corrected chi connectivity index (χ3v) is 6.86. The van der Waals surface area contributed by atoms with Gasteiger partial charge in [-0.05, 0) is 18.2 Å². The molecule has 0 saturated carbocycles. The second kappa shape index (κ2) is 13.3. The van der Waals surface area contributed by atoms with Crippen LogP contribution in [-0.2, 0) is 4.57 Å². The van der Waals surface area contributed by atoms with E-state index in [1.54, 1.807) is 0 Å². The molecule has 0 aliphatic heterocycles. The largest absolute Gasteiger partial charge is 0.647 e. The number of hydrogen-bond acceptors (Lipinski definition) is 22. The summed E-state index contributed by atoms with van der Waals surface area (Å²) in [6, 6.07) is 0.807. The summed E-state index contributed by atoms with van der Waals surface area (Å²) in [5.41, 5.74) is -16.8. The Hall–Kier alpha value is -8.11. The minimum atomic E-state index is -6.44. The molecule has 0 aliphatic carbocycles. The molecule has 0 heterocycles. The van der Waals surface area contributed by atoms with Crippen LogP contribution < -0.4 is 13.6 Å². The Morgan fingerprint density at radius 3 is 0.700 bits per heavy atom. The van der Waals surface area contributed by atoms with Crippen molar-refractivity contribution < 1.29 is 62.4 Å². The van der Waals surface area contributed by atoms with Crippen molar-refractivity contribution >= 4 is 59.0 Å². The van der Waals surface area contributed by atoms with Crippen LogP contribution >= 0.6 is 7.82 Å². The van der Waals surface area contributed by atoms with Crippen molar-refractivity contribution in [1.82, 2.24) is 0 Å². The summed E-state index contributed by atoms with van der Waals surface area (Å²) in [5, 5.41) is 104. The van der Waals surface area contributed by atoms with Gasteiger partial charge in [0.05, 0.1) is 44.3 Å². The molecule has 0 spiro atoms. The van der Waals surface area contributed by atoms with Crippen LogP contribution in [0.25, 0.3) is 0 Å². The van der Waals surface area contributed by atoms with Crippen LogP contribution in [-0.4, -0.2) is 44.3 Å². The Balaban J connectivity index is 2.48. The van der Waals surface area contributed by atoms with Crippen molar-refractivity contribution in [1.29, 1.82) is 0 Å². The minimum absolute atomic E-state index is 0.127. The molecule has 32 heteroatoms. The van der Waals surface area contributed by atoms with Gasteiger partial charge >= 0.3 is 59.0 Å². The van der Waals surface area contributed by atoms with Gasteiger partial charge < -0.3 is 13.6 Å². The highest BCUT2D eigenvalue weighted by Crippen LogP contribution is 2.58. The van der Waals surface area contributed by atoms with Gasteiger partial charge in [0.15, 0.2) is 0 Å². The molecule has 3 rings (SSSR count). The molecule has 0 radical (unpaired) electrons. The lowest BCUT2D eigenvalue weighted by molar-refractivity contribution is -0.441. The molecule has 0 aromatic heterocycles. The van der Waals surface area contributed by atoms with Crippen LogP contribution in [0.15, 0.2) is 36.4 Å². The number of rotatable bonds is 15. The maximum Gasteiger partial charge on any atom is 0.647 e. The molecule has 3 aromatic carbocycles. The number of phosphoric ester groups is 1. The Labute approximate surface area is 266 Å². The highest BCUT2D eigenvalue weighted by atomic mass is 31.2. The van der Waals surface area contributed by atoms with E-state index < -0.39 is 121 Å². The zero-order chi connectivity index (χ0) is 38.0. The van der Waals surface area contributed by atoms with Crippen molar-refractivity contribution in [2.75, 3.05) is 0 Å². The fourth-order valence-corrected chi connectivity index (χ4v) is 5.08. The first-order valence-electron chi connectivity index (χ1n) is 11.6. The highest BCUT2D eigenvalue weighted by molar-refractivity contribution is 7.49. The van der Waals surface area contributed by atoms with E-state index in [4.69, 9.17) is 13.6 Å². The minimum Gasteiger partial charge on any atom is -0.378 e. The van der Waals surface area contributed by atoms with E-state index >= 15 is 0 Å². The van der Waals surface area contributed by atoms with Crippen molar-refractivity contribution in [3.63, 3.8) is 0 Å². The molecule has 0 saturated heterocycles. The molecule has 0 amide bonds. The number of benzene rings is 3. The Morgan fingerprint density at radius 1 is 0.340 bits per heavy atom. The molecule has 0 unspecified atom stereocenters. The quantitative estimate of drug-likeness (QED) is 0.118. The van der Waals surface area contributed by atoms with Gasteiger partial charge in [0, 0.05) is 18.2 Å². The average molecular weight is 731 g/mol. The molecule has 31 nitrogen and oxygen atoms in total. The zero-order valence-corrected chi connectivity index (χ0v) is 23.8. The first-order chi connectivity index (χ1) is 23.1. The topological polar surface area (TPSA) is 433 Å². The van der Waals surface area contributed by atoms with Gasteiger partial charge in [-0.15, -0.1) is 0 Å². The van der Waals surface area contributed by atoms with E-state index in [0.717, 1.165) is 0 Å². The predicted molar refractivity (Wildman–Crippen MR) is 149 cm³/mol. The molecule has 0 N–H and O–H groups in total. The lowest BCUT2D eigenvalue weighted by atomic mass is 10.2. The smallest absolute Gasteiger partial charge is 0.378 e. The molecule has 3 aromatic rings. The van der Waals surface area contributed by atoms with Gasteiger partial charge in [-0.2, -0.15) is 4.57 Å². The maximum absolute atomic E-state index is 14.1. The normalized spacial score (nSPS) is 10.7. The number of nitrogens with zero attached hydrogens (tertiary/aromatic N) is 9. The van der Waals surface area contributed by atoms with E-state index in [0.29, 0.717) is 0 Å². The third kappa shape index (κ3) is 6.84. The number of nitro groups is 9. The molecular formula is C18H6N9O22P. The van der Waals surface area contributed by atoms with Gasteiger partial charge in [0.1, 0.15) is 0 Å². The zero-order valence-electron chi connectivity index (χ0n) is 22.9. The molecule has 0 fully saturated rings. The Kier molecular flexibility index (Phi) is 9.69. The molecule has 0 aliphatic rings. The van der Waals surface area contributed by atoms with E-state index in [2.05, 4.69) is 0 Å². The predicted octanol–water partition coefficient (Wildman–Crippen LogP) is 4.51. The van der Waals surface area contributed by atoms with Crippen LogP contribution in [0.2, 0.25) is 0 Å². The van der Waals surface area contributed by atoms with Gasteiger partial charge in [-0.3, -0.25) is 91.0 Å². The summed E-state index contributed by atoms with van der Waals surface area (Å²) in [6.07, 6.45) is 0. The summed E-state index contributed by atoms with van der Waals surface area (Å²) in [6.45, 7) is 0. The van der Waals surface area contributed by atoms with E-state index in [1.165, 1.54) is 0 Å². The average Bonchev–Trinajstić information content (AvgIpc) is 2.98. The fourth-order valence-electron chi connectivity index (χ4n) is 3.80. The van der Waals surface area contributed by atoms with Gasteiger partial charge in [0.25, 0.3) is 0 Å². The standard InChI is InChI=1S/C18H6N9O22P/c28-19(29)7-1-4-10(16(25(40)41)13(7)22(34)35)47-50(46,48-11-5-2-8(20(30)31)14(23(36)37)17(11)26(42)43)49-12-6-3-9(21(32)33)15(24(38)39)18(12)27(44)45/h1-6H. The lowest BCUT2D eigenvalue weighted by Crippen LogP contribution is -2.12. The van der Waals surface area contributed by atoms with Crippen LogP contribution in [0.4, 0.5) is 51.2 Å². The summed E-state index contributed by atoms with van der Waals surface area (Å²) < 4.78 is 28.3. The van der Waals surface area contributed by atoms with E-state index in [-0.39, 0.29) is 36.4 Å².